The molecule has 6 nitrogen and oxygen atoms in total. The van der Waals surface area contributed by atoms with Crippen molar-refractivity contribution >= 4 is 16.2 Å². The van der Waals surface area contributed by atoms with Gasteiger partial charge in [-0.3, -0.25) is 4.79 Å². The molecule has 0 radical (unpaired) electrons. The average Bonchev–Trinajstić information content (AvgIpc) is 2.25. The molecule has 0 amide bonds. The van der Waals surface area contributed by atoms with Crippen molar-refractivity contribution in [1.82, 2.24) is 9.03 Å². The van der Waals surface area contributed by atoms with Crippen molar-refractivity contribution in [3.05, 3.63) is 0 Å². The molecular weight excluding hydrogens is 244 g/mol. The number of rotatable bonds is 9. The van der Waals surface area contributed by atoms with E-state index in [1.54, 1.807) is 6.92 Å². The predicted molar refractivity (Wildman–Crippen MR) is 65.9 cm³/mol. The largest absolute Gasteiger partial charge is 0.480 e. The average molecular weight is 266 g/mol. The summed E-state index contributed by atoms with van der Waals surface area (Å²) in [5, 5.41) is 8.83. The molecule has 0 aliphatic heterocycles. The molecule has 0 saturated heterocycles. The molecule has 0 saturated carbocycles. The first-order valence-electron chi connectivity index (χ1n) is 5.89. The molecule has 17 heavy (non-hydrogen) atoms. The van der Waals surface area contributed by atoms with Crippen molar-refractivity contribution in [2.24, 2.45) is 0 Å². The topological polar surface area (TPSA) is 86.7 Å². The molecule has 0 rings (SSSR count). The van der Waals surface area contributed by atoms with Crippen molar-refractivity contribution in [1.29, 1.82) is 0 Å². The zero-order chi connectivity index (χ0) is 13.5. The Bertz CT molecular complexity index is 323. The smallest absolute Gasteiger partial charge is 0.321 e. The van der Waals surface area contributed by atoms with Crippen molar-refractivity contribution in [3.8, 4) is 0 Å². The summed E-state index contributed by atoms with van der Waals surface area (Å²) in [5.41, 5.74) is 0. The minimum absolute atomic E-state index is 0.223. The van der Waals surface area contributed by atoms with Gasteiger partial charge in [0.2, 0.25) is 0 Å². The van der Waals surface area contributed by atoms with Gasteiger partial charge in [0.1, 0.15) is 6.04 Å². The molecule has 0 bridgehead atoms. The second-order valence-corrected chi connectivity index (χ2v) is 5.52. The molecule has 2 N–H and O–H groups in total. The number of nitrogens with one attached hydrogen (secondary N) is 1. The summed E-state index contributed by atoms with van der Waals surface area (Å²) >= 11 is 0. The van der Waals surface area contributed by atoms with Crippen LogP contribution in [0.5, 0.6) is 0 Å². The summed E-state index contributed by atoms with van der Waals surface area (Å²) in [6, 6.07) is -1.06. The van der Waals surface area contributed by atoms with Crippen molar-refractivity contribution < 1.29 is 18.3 Å². The lowest BCUT2D eigenvalue weighted by atomic mass is 10.2. The van der Waals surface area contributed by atoms with E-state index >= 15 is 0 Å². The van der Waals surface area contributed by atoms with E-state index in [0.717, 1.165) is 0 Å². The number of carboxylic acid groups (broad SMARTS) is 1. The highest BCUT2D eigenvalue weighted by Crippen LogP contribution is 2.04. The summed E-state index contributed by atoms with van der Waals surface area (Å²) in [6.07, 6.45) is 1.62. The van der Waals surface area contributed by atoms with Crippen LogP contribution in [0.4, 0.5) is 0 Å². The fourth-order valence-electron chi connectivity index (χ4n) is 1.41. The van der Waals surface area contributed by atoms with Crippen LogP contribution >= 0.6 is 0 Å². The number of carbonyl (C=O) groups is 1. The van der Waals surface area contributed by atoms with E-state index in [4.69, 9.17) is 5.11 Å². The van der Waals surface area contributed by atoms with E-state index in [0.29, 0.717) is 25.9 Å². The van der Waals surface area contributed by atoms with Crippen molar-refractivity contribution in [2.45, 2.75) is 46.1 Å². The number of aliphatic carboxylic acids is 1. The van der Waals surface area contributed by atoms with Gasteiger partial charge in [-0.05, 0) is 19.3 Å². The molecular formula is C10H22N2O4S. The summed E-state index contributed by atoms with van der Waals surface area (Å²) in [4.78, 5) is 10.8. The first-order valence-corrected chi connectivity index (χ1v) is 7.33. The first kappa shape index (κ1) is 16.3. The molecule has 0 aliphatic carbocycles. The van der Waals surface area contributed by atoms with Crippen LogP contribution in [-0.2, 0) is 15.0 Å². The summed E-state index contributed by atoms with van der Waals surface area (Å²) in [5.74, 6) is -1.15. The van der Waals surface area contributed by atoms with Gasteiger partial charge in [0, 0.05) is 13.1 Å². The number of hydrogen-bond acceptors (Lipinski definition) is 3. The lowest BCUT2D eigenvalue weighted by Gasteiger charge is -2.23. The van der Waals surface area contributed by atoms with E-state index in [1.807, 2.05) is 13.8 Å². The highest BCUT2D eigenvalue weighted by atomic mass is 32.2. The van der Waals surface area contributed by atoms with E-state index in [9.17, 15) is 13.2 Å². The van der Waals surface area contributed by atoms with E-state index in [-0.39, 0.29) is 6.42 Å². The Morgan fingerprint density at radius 1 is 1.24 bits per heavy atom. The Morgan fingerprint density at radius 2 is 1.71 bits per heavy atom. The molecule has 0 unspecified atom stereocenters. The molecule has 0 aliphatic rings. The normalized spacial score (nSPS) is 13.9. The second-order valence-electron chi connectivity index (χ2n) is 3.82. The van der Waals surface area contributed by atoms with Gasteiger partial charge >= 0.3 is 5.97 Å². The van der Waals surface area contributed by atoms with E-state index in [1.165, 1.54) is 4.31 Å². The van der Waals surface area contributed by atoms with E-state index < -0.39 is 22.2 Å². The third kappa shape index (κ3) is 5.47. The van der Waals surface area contributed by atoms with Gasteiger partial charge in [-0.1, -0.05) is 20.8 Å². The lowest BCUT2D eigenvalue weighted by molar-refractivity contribution is -0.139. The summed E-state index contributed by atoms with van der Waals surface area (Å²) in [6.45, 7) is 6.20. The van der Waals surface area contributed by atoms with Crippen LogP contribution in [0.3, 0.4) is 0 Å². The zero-order valence-electron chi connectivity index (χ0n) is 10.6. The minimum Gasteiger partial charge on any atom is -0.480 e. The maximum absolute atomic E-state index is 11.9. The van der Waals surface area contributed by atoms with Gasteiger partial charge in [-0.25, -0.2) is 0 Å². The molecule has 0 spiro atoms. The molecule has 0 aromatic heterocycles. The summed E-state index contributed by atoms with van der Waals surface area (Å²) in [7, 11) is -3.70. The minimum atomic E-state index is -3.70. The van der Waals surface area contributed by atoms with Gasteiger partial charge < -0.3 is 5.11 Å². The van der Waals surface area contributed by atoms with Crippen LogP contribution in [-0.4, -0.2) is 42.9 Å². The number of nitrogens with zero attached hydrogens (tertiary/aromatic N) is 1. The summed E-state index contributed by atoms with van der Waals surface area (Å²) < 4.78 is 27.4. The molecule has 0 fully saturated rings. The lowest BCUT2D eigenvalue weighted by Crippen LogP contribution is -2.48. The van der Waals surface area contributed by atoms with Gasteiger partial charge in [-0.2, -0.15) is 17.4 Å². The molecule has 0 aromatic rings. The fourth-order valence-corrected chi connectivity index (χ4v) is 3.04. The Labute approximate surface area is 103 Å². The SMILES string of the molecule is CCCN(CCC)S(=O)(=O)N[C@@H](CC)C(=O)O. The maximum atomic E-state index is 11.9. The molecule has 0 heterocycles. The van der Waals surface area contributed by atoms with Gasteiger partial charge in [0.25, 0.3) is 10.2 Å². The molecule has 7 heteroatoms. The predicted octanol–water partition coefficient (Wildman–Crippen LogP) is 0.806. The van der Waals surface area contributed by atoms with Crippen molar-refractivity contribution in [3.63, 3.8) is 0 Å². The number of hydrogen-bond donors (Lipinski definition) is 2. The standard InChI is InChI=1S/C10H22N2O4S/c1-4-7-12(8-5-2)17(15,16)11-9(6-3)10(13)14/h9,11H,4-8H2,1-3H3,(H,13,14)/t9-/m0/s1. The van der Waals surface area contributed by atoms with Gasteiger partial charge in [0.05, 0.1) is 0 Å². The Kier molecular flexibility index (Phi) is 7.33. The third-order valence-electron chi connectivity index (χ3n) is 2.28. The van der Waals surface area contributed by atoms with Crippen LogP contribution in [0.1, 0.15) is 40.0 Å². The van der Waals surface area contributed by atoms with Crippen LogP contribution in [0.15, 0.2) is 0 Å². The van der Waals surface area contributed by atoms with Gasteiger partial charge in [0.15, 0.2) is 0 Å². The van der Waals surface area contributed by atoms with E-state index in [2.05, 4.69) is 4.72 Å². The Morgan fingerprint density at radius 3 is 2.00 bits per heavy atom. The zero-order valence-corrected chi connectivity index (χ0v) is 11.5. The van der Waals surface area contributed by atoms with Crippen LogP contribution in [0, 0.1) is 0 Å². The van der Waals surface area contributed by atoms with Crippen LogP contribution in [0.25, 0.3) is 0 Å². The highest BCUT2D eigenvalue weighted by molar-refractivity contribution is 7.87. The Balaban J connectivity index is 4.77. The highest BCUT2D eigenvalue weighted by Gasteiger charge is 2.26. The fraction of sp³-hybridized carbons (Fsp3) is 0.900. The second kappa shape index (κ2) is 7.62. The molecule has 0 aromatic carbocycles. The van der Waals surface area contributed by atoms with Crippen LogP contribution in [0.2, 0.25) is 0 Å². The monoisotopic (exact) mass is 266 g/mol. The quantitative estimate of drug-likeness (QED) is 0.646. The molecule has 102 valence electrons. The van der Waals surface area contributed by atoms with Gasteiger partial charge in [-0.15, -0.1) is 0 Å². The number of carboxylic acids is 1. The Hall–Kier alpha value is -0.660. The third-order valence-corrected chi connectivity index (χ3v) is 3.91. The van der Waals surface area contributed by atoms with Crippen LogP contribution < -0.4 is 4.72 Å². The first-order chi connectivity index (χ1) is 7.88. The van der Waals surface area contributed by atoms with Crippen molar-refractivity contribution in [2.75, 3.05) is 13.1 Å². The maximum Gasteiger partial charge on any atom is 0.321 e. The molecule has 1 atom stereocenters.